The lowest BCUT2D eigenvalue weighted by molar-refractivity contribution is -0.118. The van der Waals surface area contributed by atoms with Crippen molar-refractivity contribution in [2.75, 3.05) is 19.4 Å². The van der Waals surface area contributed by atoms with Crippen molar-refractivity contribution in [2.45, 2.75) is 12.5 Å². The standard InChI is InChI=1S/C32H31ClN8O4/c1-39(2)32(45)24-16-21(8-12-28(24)42)20-7-11-25(33)22(15-20)17-26(37-31(44)27-13-14-35-41(27)4)30(43)36-23-9-5-19(6-10-23)29-38-34-18-40(29)3/h5-16,18,26,42H,17H2,1-4H3,(H,36,43)(H,37,44). The number of aromatic nitrogens is 5. The fraction of sp³-hybridized carbons (Fsp3) is 0.188. The molecular weight excluding hydrogens is 596 g/mol. The molecule has 3 amide bonds. The summed E-state index contributed by atoms with van der Waals surface area (Å²) in [5, 5.41) is 28.5. The molecule has 0 aliphatic heterocycles. The van der Waals surface area contributed by atoms with Gasteiger partial charge in [0.1, 0.15) is 23.8 Å². The monoisotopic (exact) mass is 626 g/mol. The van der Waals surface area contributed by atoms with E-state index in [1.165, 1.54) is 21.8 Å². The number of anilines is 1. The summed E-state index contributed by atoms with van der Waals surface area (Å²) < 4.78 is 3.20. The fourth-order valence-corrected chi connectivity index (χ4v) is 4.97. The summed E-state index contributed by atoms with van der Waals surface area (Å²) in [5.41, 5.74) is 3.74. The Morgan fingerprint density at radius 1 is 0.956 bits per heavy atom. The van der Waals surface area contributed by atoms with Crippen LogP contribution in [-0.2, 0) is 25.3 Å². The number of carbonyl (C=O) groups excluding carboxylic acids is 3. The summed E-state index contributed by atoms with van der Waals surface area (Å²) in [5.74, 6) is -0.739. The summed E-state index contributed by atoms with van der Waals surface area (Å²) in [6, 6.07) is 17.7. The molecule has 2 aromatic heterocycles. The lowest BCUT2D eigenvalue weighted by Crippen LogP contribution is -2.45. The zero-order chi connectivity index (χ0) is 32.2. The minimum Gasteiger partial charge on any atom is -0.507 e. The van der Waals surface area contributed by atoms with Gasteiger partial charge in [-0.3, -0.25) is 19.1 Å². The van der Waals surface area contributed by atoms with Crippen LogP contribution in [0.1, 0.15) is 26.4 Å². The molecule has 1 atom stereocenters. The van der Waals surface area contributed by atoms with Crippen LogP contribution in [0, 0.1) is 0 Å². The van der Waals surface area contributed by atoms with Gasteiger partial charge in [0.25, 0.3) is 11.8 Å². The number of benzene rings is 3. The average Bonchev–Trinajstić information content (AvgIpc) is 3.65. The van der Waals surface area contributed by atoms with Gasteiger partial charge in [-0.25, -0.2) is 0 Å². The summed E-state index contributed by atoms with van der Waals surface area (Å²) in [6.07, 6.45) is 3.15. The molecule has 0 aliphatic rings. The second-order valence-corrected chi connectivity index (χ2v) is 11.0. The number of aryl methyl sites for hydroxylation is 2. The molecular formula is C32H31ClN8O4. The minimum absolute atomic E-state index is 0.0562. The molecule has 0 spiro atoms. The van der Waals surface area contributed by atoms with Crippen LogP contribution in [0.5, 0.6) is 5.75 Å². The van der Waals surface area contributed by atoms with Crippen LogP contribution in [0.2, 0.25) is 5.02 Å². The predicted molar refractivity (Wildman–Crippen MR) is 170 cm³/mol. The molecule has 230 valence electrons. The number of halogens is 1. The molecule has 1 unspecified atom stereocenters. The lowest BCUT2D eigenvalue weighted by Gasteiger charge is -2.20. The minimum atomic E-state index is -1.02. The van der Waals surface area contributed by atoms with Gasteiger partial charge in [-0.2, -0.15) is 5.10 Å². The highest BCUT2D eigenvalue weighted by molar-refractivity contribution is 6.31. The van der Waals surface area contributed by atoms with E-state index >= 15 is 0 Å². The van der Waals surface area contributed by atoms with Crippen molar-refractivity contribution in [1.29, 1.82) is 0 Å². The van der Waals surface area contributed by atoms with Gasteiger partial charge in [-0.05, 0) is 71.3 Å². The number of aromatic hydroxyl groups is 1. The first-order valence-electron chi connectivity index (χ1n) is 13.9. The lowest BCUT2D eigenvalue weighted by atomic mass is 9.97. The van der Waals surface area contributed by atoms with E-state index in [1.807, 2.05) is 19.2 Å². The van der Waals surface area contributed by atoms with Crippen LogP contribution in [-0.4, -0.2) is 72.4 Å². The Morgan fingerprint density at radius 3 is 2.29 bits per heavy atom. The molecule has 3 aromatic carbocycles. The highest BCUT2D eigenvalue weighted by Crippen LogP contribution is 2.30. The van der Waals surface area contributed by atoms with Crippen molar-refractivity contribution in [1.82, 2.24) is 34.8 Å². The van der Waals surface area contributed by atoms with Crippen molar-refractivity contribution >= 4 is 35.0 Å². The summed E-state index contributed by atoms with van der Waals surface area (Å²) >= 11 is 6.61. The zero-order valence-electron chi connectivity index (χ0n) is 25.0. The van der Waals surface area contributed by atoms with Gasteiger partial charge in [0, 0.05) is 57.1 Å². The predicted octanol–water partition coefficient (Wildman–Crippen LogP) is 3.92. The Bertz CT molecular complexity index is 1880. The SMILES string of the molecule is CN(C)C(=O)c1cc(-c2ccc(Cl)c(CC(NC(=O)c3ccnn3C)C(=O)Nc3ccc(-c4nncn4C)cc3)c2)ccc1O. The molecule has 2 heterocycles. The number of rotatable bonds is 9. The number of nitrogens with zero attached hydrogens (tertiary/aromatic N) is 6. The topological polar surface area (TPSA) is 147 Å². The Hall–Kier alpha value is -5.49. The maximum atomic E-state index is 13.7. The smallest absolute Gasteiger partial charge is 0.270 e. The molecule has 0 bridgehead atoms. The van der Waals surface area contributed by atoms with Crippen LogP contribution in [0.25, 0.3) is 22.5 Å². The van der Waals surface area contributed by atoms with Crippen molar-refractivity contribution in [3.8, 4) is 28.3 Å². The number of carbonyl (C=O) groups is 3. The fourth-order valence-electron chi connectivity index (χ4n) is 4.77. The Labute approximate surface area is 264 Å². The molecule has 0 fully saturated rings. The molecule has 45 heavy (non-hydrogen) atoms. The third kappa shape index (κ3) is 6.86. The van der Waals surface area contributed by atoms with Crippen molar-refractivity contribution in [2.24, 2.45) is 14.1 Å². The van der Waals surface area contributed by atoms with Gasteiger partial charge < -0.3 is 25.2 Å². The largest absolute Gasteiger partial charge is 0.507 e. The van der Waals surface area contributed by atoms with Crippen LogP contribution in [0.3, 0.4) is 0 Å². The number of hydrogen-bond donors (Lipinski definition) is 3. The van der Waals surface area contributed by atoms with Gasteiger partial charge in [-0.1, -0.05) is 23.7 Å². The molecule has 13 heteroatoms. The second kappa shape index (κ2) is 13.0. The third-order valence-electron chi connectivity index (χ3n) is 7.23. The Balaban J connectivity index is 1.43. The van der Waals surface area contributed by atoms with E-state index in [-0.39, 0.29) is 29.3 Å². The van der Waals surface area contributed by atoms with Crippen molar-refractivity contribution in [3.63, 3.8) is 0 Å². The van der Waals surface area contributed by atoms with E-state index in [2.05, 4.69) is 25.9 Å². The number of amides is 3. The Morgan fingerprint density at radius 2 is 1.64 bits per heavy atom. The highest BCUT2D eigenvalue weighted by atomic mass is 35.5. The van der Waals surface area contributed by atoms with Crippen LogP contribution in [0.15, 0.2) is 79.3 Å². The molecule has 0 saturated carbocycles. The summed E-state index contributed by atoms with van der Waals surface area (Å²) in [6.45, 7) is 0. The molecule has 5 rings (SSSR count). The Kier molecular flexibility index (Phi) is 8.96. The summed E-state index contributed by atoms with van der Waals surface area (Å²) in [7, 11) is 6.68. The van der Waals surface area contributed by atoms with Gasteiger partial charge >= 0.3 is 0 Å². The van der Waals surface area contributed by atoms with E-state index in [0.29, 0.717) is 33.2 Å². The maximum absolute atomic E-state index is 13.7. The maximum Gasteiger partial charge on any atom is 0.270 e. The van der Waals surface area contributed by atoms with Gasteiger partial charge in [0.15, 0.2) is 5.82 Å². The number of hydrogen-bond acceptors (Lipinski definition) is 7. The first-order chi connectivity index (χ1) is 21.5. The molecule has 12 nitrogen and oxygen atoms in total. The first-order valence-corrected chi connectivity index (χ1v) is 14.3. The molecule has 0 radical (unpaired) electrons. The quantitative estimate of drug-likeness (QED) is 0.225. The van der Waals surface area contributed by atoms with E-state index < -0.39 is 17.9 Å². The zero-order valence-corrected chi connectivity index (χ0v) is 25.8. The molecule has 5 aromatic rings. The van der Waals surface area contributed by atoms with Crippen LogP contribution < -0.4 is 10.6 Å². The van der Waals surface area contributed by atoms with E-state index in [9.17, 15) is 19.5 Å². The normalized spacial score (nSPS) is 11.6. The number of nitrogens with one attached hydrogen (secondary N) is 2. The second-order valence-electron chi connectivity index (χ2n) is 10.6. The molecule has 0 saturated heterocycles. The van der Waals surface area contributed by atoms with Gasteiger partial charge in [0.2, 0.25) is 5.91 Å². The van der Waals surface area contributed by atoms with E-state index in [4.69, 9.17) is 11.6 Å². The van der Waals surface area contributed by atoms with Crippen molar-refractivity contribution in [3.05, 3.63) is 101 Å². The first kappa shape index (κ1) is 31.0. The molecule has 0 aliphatic carbocycles. The number of phenols is 1. The van der Waals surface area contributed by atoms with Crippen LogP contribution >= 0.6 is 11.6 Å². The summed E-state index contributed by atoms with van der Waals surface area (Å²) in [4.78, 5) is 40.9. The number of phenolic OH excluding ortho intramolecular Hbond substituents is 1. The average molecular weight is 627 g/mol. The van der Waals surface area contributed by atoms with Gasteiger partial charge in [-0.15, -0.1) is 10.2 Å². The van der Waals surface area contributed by atoms with Gasteiger partial charge in [0.05, 0.1) is 5.56 Å². The third-order valence-corrected chi connectivity index (χ3v) is 7.60. The van der Waals surface area contributed by atoms with Crippen molar-refractivity contribution < 1.29 is 19.5 Å². The van der Waals surface area contributed by atoms with Crippen LogP contribution in [0.4, 0.5) is 5.69 Å². The van der Waals surface area contributed by atoms with E-state index in [1.54, 1.807) is 80.6 Å². The molecule has 3 N–H and O–H groups in total. The van der Waals surface area contributed by atoms with E-state index in [0.717, 1.165) is 5.56 Å². The highest BCUT2D eigenvalue weighted by Gasteiger charge is 2.25.